The molecule has 0 aliphatic heterocycles. The van der Waals surface area contributed by atoms with Crippen molar-refractivity contribution in [2.75, 3.05) is 7.11 Å². The lowest BCUT2D eigenvalue weighted by atomic mass is 10.2. The molecule has 0 amide bonds. The van der Waals surface area contributed by atoms with Crippen LogP contribution in [0.25, 0.3) is 17.2 Å². The Hall–Kier alpha value is -2.41. The Labute approximate surface area is 172 Å². The van der Waals surface area contributed by atoms with E-state index >= 15 is 0 Å². The van der Waals surface area contributed by atoms with E-state index in [1.807, 2.05) is 0 Å². The molecule has 0 fully saturated rings. The molecule has 0 unspecified atom stereocenters. The van der Waals surface area contributed by atoms with Crippen molar-refractivity contribution in [3.8, 4) is 23.0 Å². The van der Waals surface area contributed by atoms with Crippen LogP contribution >= 0.6 is 23.2 Å². The summed E-state index contributed by atoms with van der Waals surface area (Å²) in [5.41, 5.74) is 0.0983. The largest absolute Gasteiger partial charge is 0.494 e. The SMILES string of the molecule is COc1c(Cl)cc(-c2nc(C(F)(F)F)nn2-c2ccc(S(N)(=O)=O)cn2)cc1Cl. The number of aromatic nitrogens is 4. The highest BCUT2D eigenvalue weighted by molar-refractivity contribution is 7.89. The van der Waals surface area contributed by atoms with Crippen molar-refractivity contribution in [3.63, 3.8) is 0 Å². The van der Waals surface area contributed by atoms with E-state index in [-0.39, 0.29) is 37.9 Å². The van der Waals surface area contributed by atoms with Crippen molar-refractivity contribution in [2.45, 2.75) is 11.1 Å². The van der Waals surface area contributed by atoms with Gasteiger partial charge in [-0.2, -0.15) is 17.9 Å². The summed E-state index contributed by atoms with van der Waals surface area (Å²) in [6.07, 6.45) is -3.96. The van der Waals surface area contributed by atoms with Gasteiger partial charge in [-0.05, 0) is 24.3 Å². The second kappa shape index (κ2) is 7.44. The fourth-order valence-electron chi connectivity index (χ4n) is 2.33. The van der Waals surface area contributed by atoms with Crippen LogP contribution in [-0.4, -0.2) is 35.3 Å². The average molecular weight is 468 g/mol. The number of halogens is 5. The summed E-state index contributed by atoms with van der Waals surface area (Å²) in [5.74, 6) is -1.72. The molecule has 2 aromatic heterocycles. The monoisotopic (exact) mass is 467 g/mol. The minimum Gasteiger partial charge on any atom is -0.494 e. The first-order chi connectivity index (χ1) is 13.4. The van der Waals surface area contributed by atoms with Crippen molar-refractivity contribution in [3.05, 3.63) is 46.3 Å². The maximum absolute atomic E-state index is 13.2. The zero-order chi connectivity index (χ0) is 21.6. The van der Waals surface area contributed by atoms with E-state index in [1.54, 1.807) is 0 Å². The van der Waals surface area contributed by atoms with Gasteiger partial charge in [-0.15, -0.1) is 5.10 Å². The fraction of sp³-hybridized carbons (Fsp3) is 0.133. The molecule has 2 N–H and O–H groups in total. The van der Waals surface area contributed by atoms with Gasteiger partial charge in [0.05, 0.1) is 17.2 Å². The van der Waals surface area contributed by atoms with Crippen molar-refractivity contribution in [1.29, 1.82) is 0 Å². The number of nitrogens with two attached hydrogens (primary N) is 1. The number of pyridine rings is 1. The normalized spacial score (nSPS) is 12.2. The first-order valence-electron chi connectivity index (χ1n) is 7.48. The van der Waals surface area contributed by atoms with Gasteiger partial charge in [-0.1, -0.05) is 23.2 Å². The molecule has 0 atom stereocenters. The maximum Gasteiger partial charge on any atom is 0.453 e. The van der Waals surface area contributed by atoms with Crippen LogP contribution in [0.3, 0.4) is 0 Å². The lowest BCUT2D eigenvalue weighted by Crippen LogP contribution is -2.13. The van der Waals surface area contributed by atoms with E-state index in [9.17, 15) is 21.6 Å². The predicted octanol–water partition coefficient (Wildman–Crippen LogP) is 3.31. The highest BCUT2D eigenvalue weighted by atomic mass is 35.5. The van der Waals surface area contributed by atoms with E-state index in [0.717, 1.165) is 23.0 Å². The summed E-state index contributed by atoms with van der Waals surface area (Å²) in [7, 11) is -2.71. The molecular formula is C15H10Cl2F3N5O3S. The smallest absolute Gasteiger partial charge is 0.453 e. The third-order valence-electron chi connectivity index (χ3n) is 3.59. The lowest BCUT2D eigenvalue weighted by Gasteiger charge is -2.09. The highest BCUT2D eigenvalue weighted by Gasteiger charge is 2.37. The number of nitrogens with zero attached hydrogens (tertiary/aromatic N) is 4. The number of rotatable bonds is 4. The van der Waals surface area contributed by atoms with Crippen LogP contribution in [0.5, 0.6) is 5.75 Å². The molecule has 1 aromatic carbocycles. The first-order valence-corrected chi connectivity index (χ1v) is 9.79. The van der Waals surface area contributed by atoms with Crippen molar-refractivity contribution in [1.82, 2.24) is 19.7 Å². The highest BCUT2D eigenvalue weighted by Crippen LogP contribution is 2.38. The third kappa shape index (κ3) is 4.29. The number of hydrogen-bond donors (Lipinski definition) is 1. The van der Waals surface area contributed by atoms with E-state index in [4.69, 9.17) is 33.1 Å². The fourth-order valence-corrected chi connectivity index (χ4v) is 3.43. The maximum atomic E-state index is 13.2. The summed E-state index contributed by atoms with van der Waals surface area (Å²) in [6.45, 7) is 0. The van der Waals surface area contributed by atoms with E-state index in [1.165, 1.54) is 19.2 Å². The van der Waals surface area contributed by atoms with Gasteiger partial charge >= 0.3 is 6.18 Å². The molecule has 8 nitrogen and oxygen atoms in total. The van der Waals surface area contributed by atoms with Crippen LogP contribution in [-0.2, 0) is 16.2 Å². The zero-order valence-corrected chi connectivity index (χ0v) is 16.6. The topological polar surface area (TPSA) is 113 Å². The van der Waals surface area contributed by atoms with Gasteiger partial charge in [0.25, 0.3) is 5.82 Å². The first kappa shape index (κ1) is 21.3. The standard InChI is InChI=1S/C15H10Cl2F3N5O3S/c1-28-12-9(16)4-7(5-10(12)17)13-23-14(15(18,19)20)24-25(13)11-3-2-8(6-22-11)29(21,26)27/h2-6H,1H3,(H2,21,26,27). The molecule has 0 saturated heterocycles. The van der Waals surface area contributed by atoms with Gasteiger partial charge in [-0.3, -0.25) is 0 Å². The van der Waals surface area contributed by atoms with Gasteiger partial charge < -0.3 is 4.74 Å². The molecule has 3 aromatic rings. The van der Waals surface area contributed by atoms with Gasteiger partial charge in [0.1, 0.15) is 4.90 Å². The molecule has 0 aliphatic rings. The van der Waals surface area contributed by atoms with Crippen LogP contribution in [0.1, 0.15) is 5.82 Å². The van der Waals surface area contributed by atoms with Crippen molar-refractivity contribution in [2.24, 2.45) is 5.14 Å². The molecule has 0 spiro atoms. The van der Waals surface area contributed by atoms with Crippen molar-refractivity contribution >= 4 is 33.2 Å². The molecule has 0 saturated carbocycles. The second-order valence-corrected chi connectivity index (χ2v) is 7.91. The Morgan fingerprint density at radius 1 is 1.17 bits per heavy atom. The van der Waals surface area contributed by atoms with Crippen LogP contribution in [0.4, 0.5) is 13.2 Å². The zero-order valence-electron chi connectivity index (χ0n) is 14.3. The summed E-state index contributed by atoms with van der Waals surface area (Å²) in [4.78, 5) is 7.02. The van der Waals surface area contributed by atoms with Crippen LogP contribution in [0, 0.1) is 0 Å². The summed E-state index contributed by atoms with van der Waals surface area (Å²) in [6, 6.07) is 4.80. The molecule has 0 radical (unpaired) electrons. The molecule has 0 bridgehead atoms. The summed E-state index contributed by atoms with van der Waals surface area (Å²) < 4.78 is 68.1. The van der Waals surface area contributed by atoms with Gasteiger partial charge in [0, 0.05) is 11.8 Å². The van der Waals surface area contributed by atoms with Gasteiger partial charge in [0.15, 0.2) is 17.4 Å². The molecule has 3 rings (SSSR count). The summed E-state index contributed by atoms with van der Waals surface area (Å²) in [5, 5.41) is 8.51. The molecule has 2 heterocycles. The van der Waals surface area contributed by atoms with Crippen LogP contribution in [0.15, 0.2) is 35.4 Å². The molecule has 29 heavy (non-hydrogen) atoms. The minimum absolute atomic E-state index is 0.0376. The molecule has 154 valence electrons. The molecular weight excluding hydrogens is 458 g/mol. The van der Waals surface area contributed by atoms with Gasteiger partial charge in [-0.25, -0.2) is 23.5 Å². The predicted molar refractivity (Wildman–Crippen MR) is 97.5 cm³/mol. The van der Waals surface area contributed by atoms with Crippen molar-refractivity contribution < 1.29 is 26.3 Å². The number of alkyl halides is 3. The Kier molecular flexibility index (Phi) is 5.47. The number of benzene rings is 1. The number of sulfonamides is 1. The number of primary sulfonamides is 1. The van der Waals surface area contributed by atoms with E-state index in [2.05, 4.69) is 15.1 Å². The Bertz CT molecular complexity index is 1160. The third-order valence-corrected chi connectivity index (χ3v) is 5.05. The van der Waals surface area contributed by atoms with E-state index in [0.29, 0.717) is 0 Å². The number of ether oxygens (including phenoxy) is 1. The number of hydrogen-bond acceptors (Lipinski definition) is 6. The minimum atomic E-state index is -4.85. The lowest BCUT2D eigenvalue weighted by molar-refractivity contribution is -0.144. The molecule has 0 aliphatic carbocycles. The Morgan fingerprint density at radius 2 is 1.79 bits per heavy atom. The Morgan fingerprint density at radius 3 is 2.24 bits per heavy atom. The summed E-state index contributed by atoms with van der Waals surface area (Å²) >= 11 is 12.1. The van der Waals surface area contributed by atoms with Crippen LogP contribution in [0.2, 0.25) is 10.0 Å². The quantitative estimate of drug-likeness (QED) is 0.629. The molecule has 14 heteroatoms. The second-order valence-electron chi connectivity index (χ2n) is 5.54. The number of methoxy groups -OCH3 is 1. The van der Waals surface area contributed by atoms with Crippen LogP contribution < -0.4 is 9.88 Å². The van der Waals surface area contributed by atoms with Gasteiger partial charge in [0.2, 0.25) is 10.0 Å². The average Bonchev–Trinajstić information content (AvgIpc) is 3.06. The van der Waals surface area contributed by atoms with E-state index < -0.39 is 22.0 Å². The Balaban J connectivity index is 2.22.